The molecular formula is C18H15F9N2O3S. The highest BCUT2D eigenvalue weighted by atomic mass is 32.2. The molecule has 0 aliphatic carbocycles. The number of halogens is 9. The van der Waals surface area contributed by atoms with Gasteiger partial charge in [0, 0.05) is 11.1 Å². The highest BCUT2D eigenvalue weighted by Gasteiger charge is 2.57. The largest absolute Gasteiger partial charge is 0.425 e. The van der Waals surface area contributed by atoms with E-state index >= 15 is 0 Å². The maximum atomic E-state index is 13.7. The summed E-state index contributed by atoms with van der Waals surface area (Å²) >= 11 is 0. The van der Waals surface area contributed by atoms with E-state index in [1.807, 2.05) is 0 Å². The molecule has 0 spiro atoms. The van der Waals surface area contributed by atoms with Gasteiger partial charge < -0.3 is 0 Å². The number of sulfone groups is 1. The van der Waals surface area contributed by atoms with Gasteiger partial charge in [0.05, 0.1) is 34.8 Å². The van der Waals surface area contributed by atoms with E-state index in [-0.39, 0.29) is 4.57 Å². The first-order valence-corrected chi connectivity index (χ1v) is 10.6. The normalized spacial score (nSPS) is 14.4. The monoisotopic (exact) mass is 510 g/mol. The SMILES string of the molecule is CCS(=O)(=O)c1cc(C(F)(F)F)ccc1-c1ncn(CC(F)(F)C(F)C(F)(F)F)c(=O)c1C. The Bertz CT molecular complexity index is 1200. The fourth-order valence-corrected chi connectivity index (χ4v) is 3.95. The molecule has 1 unspecified atom stereocenters. The van der Waals surface area contributed by atoms with Crippen molar-refractivity contribution in [1.29, 1.82) is 0 Å². The van der Waals surface area contributed by atoms with Crippen LogP contribution in [0.2, 0.25) is 0 Å². The van der Waals surface area contributed by atoms with Crippen LogP contribution in [-0.2, 0) is 22.6 Å². The Labute approximate surface area is 180 Å². The fraction of sp³-hybridized carbons (Fsp3) is 0.444. The van der Waals surface area contributed by atoms with E-state index in [9.17, 15) is 52.7 Å². The number of benzene rings is 1. The summed E-state index contributed by atoms with van der Waals surface area (Å²) in [6.07, 6.45) is -15.1. The van der Waals surface area contributed by atoms with Crippen molar-refractivity contribution in [3.05, 3.63) is 46.0 Å². The molecule has 1 aromatic heterocycles. The minimum Gasteiger partial charge on any atom is -0.293 e. The molecule has 2 aromatic rings. The van der Waals surface area contributed by atoms with Crippen LogP contribution in [0.15, 0.2) is 34.2 Å². The summed E-state index contributed by atoms with van der Waals surface area (Å²) in [5.74, 6) is -5.66. The average molecular weight is 510 g/mol. The summed E-state index contributed by atoms with van der Waals surface area (Å²) in [4.78, 5) is 15.2. The second-order valence-corrected chi connectivity index (χ2v) is 9.18. The number of rotatable bonds is 6. The smallest absolute Gasteiger partial charge is 0.293 e. The van der Waals surface area contributed by atoms with Gasteiger partial charge in [0.15, 0.2) is 9.84 Å². The molecule has 0 bridgehead atoms. The molecule has 0 radical (unpaired) electrons. The Morgan fingerprint density at radius 3 is 2.12 bits per heavy atom. The maximum absolute atomic E-state index is 13.7. The van der Waals surface area contributed by atoms with E-state index < -0.39 is 79.4 Å². The molecule has 15 heteroatoms. The molecule has 0 amide bonds. The van der Waals surface area contributed by atoms with Gasteiger partial charge >= 0.3 is 18.3 Å². The van der Waals surface area contributed by atoms with Crippen molar-refractivity contribution < 1.29 is 47.9 Å². The van der Waals surface area contributed by atoms with Crippen LogP contribution in [0.3, 0.4) is 0 Å². The van der Waals surface area contributed by atoms with E-state index in [4.69, 9.17) is 0 Å². The van der Waals surface area contributed by atoms with Gasteiger partial charge in [-0.15, -0.1) is 0 Å². The van der Waals surface area contributed by atoms with Crippen molar-refractivity contribution in [3.8, 4) is 11.3 Å². The molecule has 0 N–H and O–H groups in total. The van der Waals surface area contributed by atoms with Gasteiger partial charge in [-0.3, -0.25) is 9.36 Å². The van der Waals surface area contributed by atoms with Gasteiger partial charge in [-0.05, 0) is 19.1 Å². The van der Waals surface area contributed by atoms with Crippen LogP contribution in [0.4, 0.5) is 39.5 Å². The lowest BCUT2D eigenvalue weighted by Gasteiger charge is -2.23. The molecule has 0 saturated carbocycles. The van der Waals surface area contributed by atoms with Crippen molar-refractivity contribution in [2.24, 2.45) is 0 Å². The Kier molecular flexibility index (Phi) is 6.99. The summed E-state index contributed by atoms with van der Waals surface area (Å²) in [5, 5.41) is 0. The number of alkyl halides is 9. The van der Waals surface area contributed by atoms with Crippen LogP contribution in [0.25, 0.3) is 11.3 Å². The van der Waals surface area contributed by atoms with Gasteiger partial charge in [0.2, 0.25) is 0 Å². The predicted molar refractivity (Wildman–Crippen MR) is 97.3 cm³/mol. The summed E-state index contributed by atoms with van der Waals surface area (Å²) in [6, 6.07) is 1.56. The topological polar surface area (TPSA) is 69.0 Å². The van der Waals surface area contributed by atoms with E-state index in [2.05, 4.69) is 4.98 Å². The maximum Gasteiger partial charge on any atom is 0.425 e. The zero-order valence-electron chi connectivity index (χ0n) is 16.7. The minimum atomic E-state index is -5.90. The number of aromatic nitrogens is 2. The molecule has 5 nitrogen and oxygen atoms in total. The molecule has 2 rings (SSSR count). The highest BCUT2D eigenvalue weighted by Crippen LogP contribution is 2.37. The van der Waals surface area contributed by atoms with Crippen molar-refractivity contribution in [2.45, 2.75) is 49.7 Å². The Morgan fingerprint density at radius 1 is 1.06 bits per heavy atom. The highest BCUT2D eigenvalue weighted by molar-refractivity contribution is 7.91. The third kappa shape index (κ3) is 5.50. The van der Waals surface area contributed by atoms with Gasteiger partial charge in [0.25, 0.3) is 11.7 Å². The molecule has 1 atom stereocenters. The van der Waals surface area contributed by atoms with Gasteiger partial charge in [-0.2, -0.15) is 26.3 Å². The Morgan fingerprint density at radius 2 is 1.64 bits per heavy atom. The second-order valence-electron chi connectivity index (χ2n) is 6.93. The first-order chi connectivity index (χ1) is 14.8. The van der Waals surface area contributed by atoms with Crippen LogP contribution in [0, 0.1) is 6.92 Å². The molecule has 184 valence electrons. The molecule has 0 aliphatic heterocycles. The lowest BCUT2D eigenvalue weighted by molar-refractivity contribution is -0.247. The van der Waals surface area contributed by atoms with Gasteiger partial charge in [-0.1, -0.05) is 13.0 Å². The van der Waals surface area contributed by atoms with Crippen molar-refractivity contribution >= 4 is 9.84 Å². The third-order valence-corrected chi connectivity index (χ3v) is 6.35. The molecule has 0 aliphatic rings. The molecule has 0 fully saturated rings. The van der Waals surface area contributed by atoms with Crippen molar-refractivity contribution in [1.82, 2.24) is 9.55 Å². The minimum absolute atomic E-state index is 0.00473. The molecule has 33 heavy (non-hydrogen) atoms. The number of hydrogen-bond donors (Lipinski definition) is 0. The molecule has 1 heterocycles. The molecule has 1 aromatic carbocycles. The predicted octanol–water partition coefficient (Wildman–Crippen LogP) is 4.57. The summed E-state index contributed by atoms with van der Waals surface area (Å²) < 4.78 is 141. The van der Waals surface area contributed by atoms with Gasteiger partial charge in [0.1, 0.15) is 0 Å². The quantitative estimate of drug-likeness (QED) is 0.535. The molecule has 0 saturated heterocycles. The van der Waals surface area contributed by atoms with Crippen LogP contribution in [0.1, 0.15) is 18.1 Å². The first-order valence-electron chi connectivity index (χ1n) is 8.92. The number of hydrogen-bond acceptors (Lipinski definition) is 4. The van der Waals surface area contributed by atoms with E-state index in [1.165, 1.54) is 0 Å². The number of nitrogens with zero attached hydrogens (tertiary/aromatic N) is 2. The first kappa shape index (κ1) is 26.7. The van der Waals surface area contributed by atoms with Crippen molar-refractivity contribution in [3.63, 3.8) is 0 Å². The van der Waals surface area contributed by atoms with Crippen LogP contribution < -0.4 is 5.56 Å². The van der Waals surface area contributed by atoms with Crippen LogP contribution >= 0.6 is 0 Å². The second kappa shape index (κ2) is 8.65. The molecular weight excluding hydrogens is 495 g/mol. The van der Waals surface area contributed by atoms with Crippen LogP contribution in [-0.4, -0.2) is 42.0 Å². The Balaban J connectivity index is 2.65. The van der Waals surface area contributed by atoms with Crippen molar-refractivity contribution in [2.75, 3.05) is 5.75 Å². The van der Waals surface area contributed by atoms with E-state index in [0.29, 0.717) is 18.5 Å². The van der Waals surface area contributed by atoms with Gasteiger partial charge in [-0.25, -0.2) is 26.6 Å². The lowest BCUT2D eigenvalue weighted by atomic mass is 10.0. The van der Waals surface area contributed by atoms with E-state index in [1.54, 1.807) is 0 Å². The zero-order valence-corrected chi connectivity index (χ0v) is 17.5. The standard InChI is InChI=1S/C18H15F9N2O3S/c1-3-33(31,32)12-6-10(17(22,23)24)4-5-11(12)13-9(2)14(30)29(8-28-13)7-16(20,21)15(19)18(25,26)27/h4-6,8,15H,3,7H2,1-2H3. The Hall–Kier alpha value is -2.58. The summed E-state index contributed by atoms with van der Waals surface area (Å²) in [6.45, 7) is 0.0670. The fourth-order valence-electron chi connectivity index (χ4n) is 2.83. The lowest BCUT2D eigenvalue weighted by Crippen LogP contribution is -2.46. The van der Waals surface area contributed by atoms with Crippen LogP contribution in [0.5, 0.6) is 0 Å². The summed E-state index contributed by atoms with van der Waals surface area (Å²) in [5.41, 5.74) is -4.17. The third-order valence-electron chi connectivity index (χ3n) is 4.58. The zero-order chi connectivity index (χ0) is 25.6. The summed E-state index contributed by atoms with van der Waals surface area (Å²) in [7, 11) is -4.30. The van der Waals surface area contributed by atoms with E-state index in [0.717, 1.165) is 19.9 Å². The average Bonchev–Trinajstić information content (AvgIpc) is 2.69.